The van der Waals surface area contributed by atoms with Gasteiger partial charge in [-0.1, -0.05) is 19.1 Å². The number of benzene rings is 1. The normalized spacial score (nSPS) is 24.1. The van der Waals surface area contributed by atoms with Crippen molar-refractivity contribution in [2.75, 3.05) is 19.6 Å². The predicted octanol–water partition coefficient (Wildman–Crippen LogP) is 3.02. The highest BCUT2D eigenvalue weighted by molar-refractivity contribution is 5.20. The lowest BCUT2D eigenvalue weighted by Gasteiger charge is -2.35. The minimum atomic E-state index is -0.219. The molecule has 0 unspecified atom stereocenters. The molecule has 1 aliphatic heterocycles. The minimum absolute atomic E-state index is 0.178. The maximum absolute atomic E-state index is 12.9. The van der Waals surface area contributed by atoms with Gasteiger partial charge >= 0.3 is 0 Å². The fraction of sp³-hybridized carbons (Fsp3) is 0.625. The molecule has 2 rings (SSSR count). The fourth-order valence-corrected chi connectivity index (χ4v) is 2.93. The van der Waals surface area contributed by atoms with Crippen molar-refractivity contribution in [2.45, 2.75) is 38.7 Å². The van der Waals surface area contributed by atoms with Crippen LogP contribution in [0.25, 0.3) is 0 Å². The summed E-state index contributed by atoms with van der Waals surface area (Å²) in [7, 11) is 0. The second-order valence-corrected chi connectivity index (χ2v) is 5.86. The second kappa shape index (κ2) is 6.49. The third kappa shape index (κ3) is 4.02. The van der Waals surface area contributed by atoms with Crippen molar-refractivity contribution >= 4 is 0 Å². The van der Waals surface area contributed by atoms with Crippen LogP contribution in [0.15, 0.2) is 24.3 Å². The molecule has 0 aromatic heterocycles. The molecule has 1 heterocycles. The SMILES string of the molecule is C[C@H](CN1CCC[C@H]([C@@H](C)O)C1)c1ccc(F)cc1. The number of likely N-dealkylation sites (tertiary alicyclic amines) is 1. The summed E-state index contributed by atoms with van der Waals surface area (Å²) < 4.78 is 12.9. The van der Waals surface area contributed by atoms with Crippen LogP contribution in [-0.4, -0.2) is 35.7 Å². The van der Waals surface area contributed by atoms with E-state index in [1.807, 2.05) is 19.1 Å². The molecule has 3 atom stereocenters. The third-order valence-electron chi connectivity index (χ3n) is 4.20. The van der Waals surface area contributed by atoms with Crippen molar-refractivity contribution in [3.8, 4) is 0 Å². The van der Waals surface area contributed by atoms with Gasteiger partial charge in [-0.3, -0.25) is 0 Å². The highest BCUT2D eigenvalue weighted by Gasteiger charge is 2.24. The average Bonchev–Trinajstić information content (AvgIpc) is 2.39. The Labute approximate surface area is 115 Å². The second-order valence-electron chi connectivity index (χ2n) is 5.86. The number of hydrogen-bond donors (Lipinski definition) is 1. The smallest absolute Gasteiger partial charge is 0.123 e. The lowest BCUT2D eigenvalue weighted by atomic mass is 9.92. The molecule has 0 aliphatic carbocycles. The maximum atomic E-state index is 12.9. The van der Waals surface area contributed by atoms with Gasteiger partial charge in [-0.2, -0.15) is 0 Å². The zero-order valence-electron chi connectivity index (χ0n) is 11.8. The lowest BCUT2D eigenvalue weighted by Crippen LogP contribution is -2.41. The Morgan fingerprint density at radius 1 is 1.32 bits per heavy atom. The summed E-state index contributed by atoms with van der Waals surface area (Å²) in [6.07, 6.45) is 2.06. The molecule has 19 heavy (non-hydrogen) atoms. The zero-order chi connectivity index (χ0) is 13.8. The molecule has 3 heteroatoms. The van der Waals surface area contributed by atoms with E-state index in [0.29, 0.717) is 11.8 Å². The number of hydrogen-bond acceptors (Lipinski definition) is 2. The van der Waals surface area contributed by atoms with Crippen molar-refractivity contribution in [1.82, 2.24) is 4.90 Å². The van der Waals surface area contributed by atoms with Crippen LogP contribution in [0, 0.1) is 11.7 Å². The number of rotatable bonds is 4. The van der Waals surface area contributed by atoms with Gasteiger partial charge in [0.1, 0.15) is 5.82 Å². The van der Waals surface area contributed by atoms with E-state index >= 15 is 0 Å². The van der Waals surface area contributed by atoms with E-state index in [1.54, 1.807) is 0 Å². The van der Waals surface area contributed by atoms with Crippen molar-refractivity contribution in [3.05, 3.63) is 35.6 Å². The summed E-state index contributed by atoms with van der Waals surface area (Å²) in [5.41, 5.74) is 1.18. The van der Waals surface area contributed by atoms with Crippen molar-refractivity contribution in [3.63, 3.8) is 0 Å². The molecular weight excluding hydrogens is 241 g/mol. The van der Waals surface area contributed by atoms with Gasteiger partial charge in [0, 0.05) is 13.1 Å². The van der Waals surface area contributed by atoms with Gasteiger partial charge in [0.05, 0.1) is 6.10 Å². The van der Waals surface area contributed by atoms with Crippen LogP contribution < -0.4 is 0 Å². The molecule has 1 aromatic rings. The molecule has 1 N–H and O–H groups in total. The average molecular weight is 265 g/mol. The number of aliphatic hydroxyl groups is 1. The largest absolute Gasteiger partial charge is 0.393 e. The van der Waals surface area contributed by atoms with E-state index in [-0.39, 0.29) is 11.9 Å². The Kier molecular flexibility index (Phi) is 4.94. The number of aliphatic hydroxyl groups excluding tert-OH is 1. The van der Waals surface area contributed by atoms with E-state index < -0.39 is 0 Å². The molecule has 0 amide bonds. The molecule has 1 saturated heterocycles. The van der Waals surface area contributed by atoms with Gasteiger partial charge in [-0.15, -0.1) is 0 Å². The summed E-state index contributed by atoms with van der Waals surface area (Å²) >= 11 is 0. The molecular formula is C16H24FNO. The molecule has 106 valence electrons. The van der Waals surface area contributed by atoms with Crippen molar-refractivity contribution in [2.24, 2.45) is 5.92 Å². The highest BCUT2D eigenvalue weighted by Crippen LogP contribution is 2.23. The first kappa shape index (κ1) is 14.5. The number of nitrogens with zero attached hydrogens (tertiary/aromatic N) is 1. The molecule has 0 bridgehead atoms. The lowest BCUT2D eigenvalue weighted by molar-refractivity contribution is 0.0610. The van der Waals surface area contributed by atoms with Gasteiger partial charge in [0.2, 0.25) is 0 Å². The Morgan fingerprint density at radius 2 is 2.00 bits per heavy atom. The molecule has 0 saturated carbocycles. The molecule has 2 nitrogen and oxygen atoms in total. The maximum Gasteiger partial charge on any atom is 0.123 e. The number of halogens is 1. The molecule has 0 radical (unpaired) electrons. The van der Waals surface area contributed by atoms with Crippen LogP contribution in [-0.2, 0) is 0 Å². The van der Waals surface area contributed by atoms with Gasteiger partial charge in [0.25, 0.3) is 0 Å². The Morgan fingerprint density at radius 3 is 2.63 bits per heavy atom. The van der Waals surface area contributed by atoms with Crippen LogP contribution in [0.2, 0.25) is 0 Å². The summed E-state index contributed by atoms with van der Waals surface area (Å²) in [6, 6.07) is 6.80. The van der Waals surface area contributed by atoms with E-state index in [9.17, 15) is 9.50 Å². The summed E-state index contributed by atoms with van der Waals surface area (Å²) in [6.45, 7) is 7.13. The molecule has 1 fully saturated rings. The Hall–Kier alpha value is -0.930. The van der Waals surface area contributed by atoms with Crippen molar-refractivity contribution < 1.29 is 9.50 Å². The molecule has 0 spiro atoms. The zero-order valence-corrected chi connectivity index (χ0v) is 11.8. The van der Waals surface area contributed by atoms with Gasteiger partial charge in [-0.25, -0.2) is 4.39 Å². The highest BCUT2D eigenvalue weighted by atomic mass is 19.1. The van der Waals surface area contributed by atoms with Crippen LogP contribution in [0.1, 0.15) is 38.2 Å². The van der Waals surface area contributed by atoms with Crippen LogP contribution in [0.3, 0.4) is 0 Å². The van der Waals surface area contributed by atoms with Gasteiger partial charge < -0.3 is 10.0 Å². The van der Waals surface area contributed by atoms with E-state index in [0.717, 1.165) is 32.5 Å². The van der Waals surface area contributed by atoms with Crippen LogP contribution in [0.5, 0.6) is 0 Å². The Balaban J connectivity index is 1.91. The minimum Gasteiger partial charge on any atom is -0.393 e. The first-order valence-corrected chi connectivity index (χ1v) is 7.22. The topological polar surface area (TPSA) is 23.5 Å². The predicted molar refractivity (Wildman–Crippen MR) is 75.7 cm³/mol. The van der Waals surface area contributed by atoms with Crippen LogP contribution in [0.4, 0.5) is 4.39 Å². The summed E-state index contributed by atoms with van der Waals surface area (Å²) in [4.78, 5) is 2.43. The standard InChI is InChI=1S/C16H24FNO/c1-12(14-5-7-16(17)8-6-14)10-18-9-3-4-15(11-18)13(2)19/h5-8,12-13,15,19H,3-4,9-11H2,1-2H3/t12-,13-,15+/m1/s1. The quantitative estimate of drug-likeness (QED) is 0.904. The fourth-order valence-electron chi connectivity index (χ4n) is 2.93. The first-order valence-electron chi connectivity index (χ1n) is 7.22. The van der Waals surface area contributed by atoms with Gasteiger partial charge in [0.15, 0.2) is 0 Å². The summed E-state index contributed by atoms with van der Waals surface area (Å²) in [5, 5.41) is 9.71. The van der Waals surface area contributed by atoms with Gasteiger partial charge in [-0.05, 0) is 55.8 Å². The van der Waals surface area contributed by atoms with Crippen LogP contribution >= 0.6 is 0 Å². The monoisotopic (exact) mass is 265 g/mol. The molecule has 1 aromatic carbocycles. The van der Waals surface area contributed by atoms with E-state index in [2.05, 4.69) is 11.8 Å². The van der Waals surface area contributed by atoms with E-state index in [4.69, 9.17) is 0 Å². The number of piperidine rings is 1. The Bertz CT molecular complexity index is 390. The first-order chi connectivity index (χ1) is 9.06. The van der Waals surface area contributed by atoms with Crippen molar-refractivity contribution in [1.29, 1.82) is 0 Å². The summed E-state index contributed by atoms with van der Waals surface area (Å²) in [5.74, 6) is 0.616. The third-order valence-corrected chi connectivity index (χ3v) is 4.20. The van der Waals surface area contributed by atoms with E-state index in [1.165, 1.54) is 17.7 Å². The molecule has 1 aliphatic rings.